The lowest BCUT2D eigenvalue weighted by molar-refractivity contribution is -0.116. The van der Waals surface area contributed by atoms with Crippen molar-refractivity contribution in [1.82, 2.24) is 4.72 Å². The molecule has 0 unspecified atom stereocenters. The Kier molecular flexibility index (Phi) is 3.92. The van der Waals surface area contributed by atoms with Gasteiger partial charge in [-0.2, -0.15) is 0 Å². The molecule has 6 N–H and O–H groups in total. The number of sulfonamides is 1. The van der Waals surface area contributed by atoms with Crippen LogP contribution in [0, 0.1) is 0 Å². The number of hydrogen-bond donors (Lipinski definition) is 4. The summed E-state index contributed by atoms with van der Waals surface area (Å²) in [7, 11) is -2.21. The van der Waals surface area contributed by atoms with Gasteiger partial charge in [-0.05, 0) is 25.2 Å². The van der Waals surface area contributed by atoms with Gasteiger partial charge in [0.05, 0.1) is 22.8 Å². The van der Waals surface area contributed by atoms with Gasteiger partial charge in [-0.1, -0.05) is 0 Å². The Morgan fingerprint density at radius 3 is 2.53 bits per heavy atom. The minimum atomic E-state index is -3.52. The summed E-state index contributed by atoms with van der Waals surface area (Å²) in [5.74, 6) is -0.531. The summed E-state index contributed by atoms with van der Waals surface area (Å²) in [4.78, 5) is 10.6. The summed E-state index contributed by atoms with van der Waals surface area (Å²) in [6, 6.07) is 4.16. The molecular formula is C9H14N4O3S. The lowest BCUT2D eigenvalue weighted by atomic mass is 10.2. The summed E-state index contributed by atoms with van der Waals surface area (Å²) in [6.07, 6.45) is 0. The molecule has 0 spiro atoms. The number of rotatable bonds is 5. The summed E-state index contributed by atoms with van der Waals surface area (Å²) in [6.45, 7) is -0.0671. The van der Waals surface area contributed by atoms with Crippen LogP contribution in [0.25, 0.3) is 0 Å². The second-order valence-electron chi connectivity index (χ2n) is 3.28. The number of anilines is 2. The first-order chi connectivity index (χ1) is 7.86. The fraction of sp³-hybridized carbons (Fsp3) is 0.222. The molecule has 0 atom stereocenters. The third-order valence-corrected chi connectivity index (χ3v) is 3.47. The van der Waals surface area contributed by atoms with Gasteiger partial charge in [-0.15, -0.1) is 0 Å². The Balaban J connectivity index is 2.98. The molecule has 0 aliphatic rings. The highest BCUT2D eigenvalue weighted by Crippen LogP contribution is 2.22. The average Bonchev–Trinajstić information content (AvgIpc) is 2.27. The minimum absolute atomic E-state index is 0.0575. The third-order valence-electron chi connectivity index (χ3n) is 2.06. The fourth-order valence-corrected chi connectivity index (χ4v) is 1.93. The number of carbonyl (C=O) groups is 1. The summed E-state index contributed by atoms with van der Waals surface area (Å²) in [5, 5.41) is 2.69. The lowest BCUT2D eigenvalue weighted by Gasteiger charge is -2.09. The van der Waals surface area contributed by atoms with Crippen LogP contribution in [0.1, 0.15) is 0 Å². The van der Waals surface area contributed by atoms with Crippen LogP contribution in [0.5, 0.6) is 0 Å². The van der Waals surface area contributed by atoms with E-state index in [9.17, 15) is 13.2 Å². The van der Waals surface area contributed by atoms with E-state index in [2.05, 4.69) is 10.0 Å². The normalized spacial score (nSPS) is 11.1. The van der Waals surface area contributed by atoms with Crippen LogP contribution < -0.4 is 21.5 Å². The Bertz CT molecular complexity index is 527. The largest absolute Gasteiger partial charge is 0.397 e. The summed E-state index contributed by atoms with van der Waals surface area (Å²) >= 11 is 0. The van der Waals surface area contributed by atoms with Gasteiger partial charge in [0.15, 0.2) is 0 Å². The zero-order valence-electron chi connectivity index (χ0n) is 9.23. The van der Waals surface area contributed by atoms with E-state index >= 15 is 0 Å². The molecule has 1 aromatic rings. The van der Waals surface area contributed by atoms with Gasteiger partial charge >= 0.3 is 0 Å². The molecule has 8 heteroatoms. The van der Waals surface area contributed by atoms with Crippen molar-refractivity contribution in [1.29, 1.82) is 0 Å². The quantitative estimate of drug-likeness (QED) is 0.508. The number of carbonyl (C=O) groups excluding carboxylic acids is 1. The molecule has 0 heterocycles. The number of nitrogens with one attached hydrogen (secondary N) is 2. The van der Waals surface area contributed by atoms with E-state index in [0.717, 1.165) is 0 Å². The Hall–Kier alpha value is -1.80. The molecule has 17 heavy (non-hydrogen) atoms. The number of benzene rings is 1. The molecule has 94 valence electrons. The van der Waals surface area contributed by atoms with Gasteiger partial charge in [-0.25, -0.2) is 13.1 Å². The first-order valence-electron chi connectivity index (χ1n) is 4.72. The second kappa shape index (κ2) is 5.02. The molecule has 1 amide bonds. The highest BCUT2D eigenvalue weighted by Gasteiger charge is 2.12. The predicted octanol–water partition coefficient (Wildman–Crippen LogP) is -0.926. The van der Waals surface area contributed by atoms with Gasteiger partial charge in [0.25, 0.3) is 0 Å². The lowest BCUT2D eigenvalue weighted by Crippen LogP contribution is -2.22. The molecule has 0 aliphatic heterocycles. The van der Waals surface area contributed by atoms with Crippen molar-refractivity contribution in [3.63, 3.8) is 0 Å². The SMILES string of the molecule is CNS(=O)(=O)c1ccc(NCC(N)=O)c(N)c1. The topological polar surface area (TPSA) is 127 Å². The molecule has 0 saturated carbocycles. The minimum Gasteiger partial charge on any atom is -0.397 e. The van der Waals surface area contributed by atoms with E-state index in [-0.39, 0.29) is 17.1 Å². The van der Waals surface area contributed by atoms with Crippen LogP contribution in [0.2, 0.25) is 0 Å². The summed E-state index contributed by atoms with van der Waals surface area (Å²) < 4.78 is 25.1. The van der Waals surface area contributed by atoms with E-state index in [0.29, 0.717) is 5.69 Å². The second-order valence-corrected chi connectivity index (χ2v) is 5.16. The molecule has 0 aliphatic carbocycles. The molecule has 0 aromatic heterocycles. The number of amides is 1. The summed E-state index contributed by atoms with van der Waals surface area (Å²) in [5.41, 5.74) is 11.3. The standard InChI is InChI=1S/C9H14N4O3S/c1-12-17(15,16)6-2-3-8(7(10)4-6)13-5-9(11)14/h2-4,12-13H,5,10H2,1H3,(H2,11,14). The van der Waals surface area contributed by atoms with Crippen LogP contribution in [0.4, 0.5) is 11.4 Å². The van der Waals surface area contributed by atoms with Gasteiger partial charge < -0.3 is 16.8 Å². The van der Waals surface area contributed by atoms with Crippen LogP contribution in [0.15, 0.2) is 23.1 Å². The first kappa shape index (κ1) is 13.3. The van der Waals surface area contributed by atoms with E-state index in [1.54, 1.807) is 0 Å². The first-order valence-corrected chi connectivity index (χ1v) is 6.20. The van der Waals surface area contributed by atoms with E-state index < -0.39 is 15.9 Å². The van der Waals surface area contributed by atoms with Crippen molar-refractivity contribution in [3.05, 3.63) is 18.2 Å². The molecule has 0 saturated heterocycles. The zero-order valence-corrected chi connectivity index (χ0v) is 10.0. The van der Waals surface area contributed by atoms with E-state index in [1.165, 1.54) is 25.2 Å². The maximum Gasteiger partial charge on any atom is 0.240 e. The van der Waals surface area contributed by atoms with E-state index in [4.69, 9.17) is 11.5 Å². The highest BCUT2D eigenvalue weighted by molar-refractivity contribution is 7.89. The average molecular weight is 258 g/mol. The predicted molar refractivity (Wildman–Crippen MR) is 64.8 cm³/mol. The Morgan fingerprint density at radius 2 is 2.06 bits per heavy atom. The third kappa shape index (κ3) is 3.33. The van der Waals surface area contributed by atoms with Crippen molar-refractivity contribution in [2.24, 2.45) is 5.73 Å². The smallest absolute Gasteiger partial charge is 0.240 e. The Morgan fingerprint density at radius 1 is 1.41 bits per heavy atom. The zero-order chi connectivity index (χ0) is 13.1. The Labute approximate surface area is 99.2 Å². The fourth-order valence-electron chi connectivity index (χ4n) is 1.17. The van der Waals surface area contributed by atoms with Crippen molar-refractivity contribution in [2.45, 2.75) is 4.90 Å². The molecule has 0 radical (unpaired) electrons. The number of nitrogens with two attached hydrogens (primary N) is 2. The molecule has 0 bridgehead atoms. The maximum absolute atomic E-state index is 11.5. The van der Waals surface area contributed by atoms with Gasteiger partial charge in [0.1, 0.15) is 0 Å². The molecular weight excluding hydrogens is 244 g/mol. The van der Waals surface area contributed by atoms with Crippen LogP contribution in [-0.2, 0) is 14.8 Å². The number of primary amides is 1. The molecule has 1 rings (SSSR count). The number of nitrogen functional groups attached to an aromatic ring is 1. The van der Waals surface area contributed by atoms with Gasteiger partial charge in [0, 0.05) is 0 Å². The van der Waals surface area contributed by atoms with E-state index in [1.807, 2.05) is 0 Å². The molecule has 1 aromatic carbocycles. The number of hydrogen-bond acceptors (Lipinski definition) is 5. The van der Waals surface area contributed by atoms with Gasteiger partial charge in [0.2, 0.25) is 15.9 Å². The molecule has 0 fully saturated rings. The maximum atomic E-state index is 11.5. The monoisotopic (exact) mass is 258 g/mol. The van der Waals surface area contributed by atoms with Crippen molar-refractivity contribution >= 4 is 27.3 Å². The van der Waals surface area contributed by atoms with Crippen LogP contribution >= 0.6 is 0 Å². The van der Waals surface area contributed by atoms with Crippen molar-refractivity contribution in [2.75, 3.05) is 24.6 Å². The molecule has 7 nitrogen and oxygen atoms in total. The van der Waals surface area contributed by atoms with Crippen molar-refractivity contribution < 1.29 is 13.2 Å². The van der Waals surface area contributed by atoms with Crippen LogP contribution in [-0.4, -0.2) is 27.9 Å². The highest BCUT2D eigenvalue weighted by atomic mass is 32.2. The van der Waals surface area contributed by atoms with Crippen LogP contribution in [0.3, 0.4) is 0 Å². The van der Waals surface area contributed by atoms with Gasteiger partial charge in [-0.3, -0.25) is 4.79 Å². The van der Waals surface area contributed by atoms with Crippen molar-refractivity contribution in [3.8, 4) is 0 Å².